The number of aromatic nitrogens is 4. The van der Waals surface area contributed by atoms with Crippen LogP contribution in [-0.2, 0) is 11.2 Å². The Balaban J connectivity index is 1.71. The van der Waals surface area contributed by atoms with E-state index in [1.165, 1.54) is 19.2 Å². The molecule has 1 N–H and O–H groups in total. The second kappa shape index (κ2) is 7.08. The minimum absolute atomic E-state index is 0.0506. The highest BCUT2D eigenvalue weighted by Crippen LogP contribution is 2.19. The monoisotopic (exact) mass is 341 g/mol. The summed E-state index contributed by atoms with van der Waals surface area (Å²) in [5.74, 6) is 0.0324. The van der Waals surface area contributed by atoms with E-state index in [0.29, 0.717) is 17.1 Å². The van der Waals surface area contributed by atoms with E-state index in [-0.39, 0.29) is 18.1 Å². The highest BCUT2D eigenvalue weighted by molar-refractivity contribution is 5.92. The van der Waals surface area contributed by atoms with Crippen LogP contribution in [0, 0.1) is 12.7 Å². The molecule has 7 nitrogen and oxygen atoms in total. The van der Waals surface area contributed by atoms with Gasteiger partial charge in [0.1, 0.15) is 0 Å². The van der Waals surface area contributed by atoms with Crippen LogP contribution in [0.4, 0.5) is 10.1 Å². The zero-order chi connectivity index (χ0) is 17.8. The number of hydrogen-bond acceptors (Lipinski definition) is 5. The van der Waals surface area contributed by atoms with Crippen LogP contribution in [0.3, 0.4) is 0 Å². The molecule has 0 aliphatic rings. The number of ether oxygens (including phenoxy) is 1. The van der Waals surface area contributed by atoms with Crippen LogP contribution >= 0.6 is 0 Å². The molecule has 1 heterocycles. The fourth-order valence-electron chi connectivity index (χ4n) is 2.40. The van der Waals surface area contributed by atoms with Gasteiger partial charge in [0, 0.05) is 5.69 Å². The first-order valence-corrected chi connectivity index (χ1v) is 7.54. The zero-order valence-electron chi connectivity index (χ0n) is 13.7. The van der Waals surface area contributed by atoms with Gasteiger partial charge in [-0.15, -0.1) is 5.10 Å². The quantitative estimate of drug-likeness (QED) is 0.770. The Kier molecular flexibility index (Phi) is 4.69. The van der Waals surface area contributed by atoms with Gasteiger partial charge in [0.05, 0.1) is 19.2 Å². The predicted molar refractivity (Wildman–Crippen MR) is 89.2 cm³/mol. The minimum Gasteiger partial charge on any atom is -0.494 e. The standard InChI is InChI=1S/C17H16FN5O2/c1-11-20-21-22-23(11)14-5-3-4-13(10-14)19-17(24)9-12-6-7-16(25-2)15(18)8-12/h3-8,10H,9H2,1-2H3,(H,19,24). The number of nitrogens with one attached hydrogen (secondary N) is 1. The average molecular weight is 341 g/mol. The maximum atomic E-state index is 13.7. The molecule has 0 radical (unpaired) electrons. The summed E-state index contributed by atoms with van der Waals surface area (Å²) in [5.41, 5.74) is 1.89. The number of carbonyl (C=O) groups is 1. The Morgan fingerprint density at radius 1 is 1.28 bits per heavy atom. The van der Waals surface area contributed by atoms with Crippen molar-refractivity contribution >= 4 is 11.6 Å². The number of anilines is 1. The molecule has 25 heavy (non-hydrogen) atoms. The summed E-state index contributed by atoms with van der Waals surface area (Å²) in [5, 5.41) is 14.1. The topological polar surface area (TPSA) is 81.9 Å². The molecule has 0 aliphatic heterocycles. The summed E-state index contributed by atoms with van der Waals surface area (Å²) in [7, 11) is 1.39. The lowest BCUT2D eigenvalue weighted by molar-refractivity contribution is -0.115. The van der Waals surface area contributed by atoms with Gasteiger partial charge in [-0.1, -0.05) is 12.1 Å². The van der Waals surface area contributed by atoms with Crippen molar-refractivity contribution in [1.29, 1.82) is 0 Å². The van der Waals surface area contributed by atoms with Crippen LogP contribution in [0.1, 0.15) is 11.4 Å². The molecule has 0 saturated heterocycles. The average Bonchev–Trinajstić information content (AvgIpc) is 3.01. The van der Waals surface area contributed by atoms with Gasteiger partial charge < -0.3 is 10.1 Å². The summed E-state index contributed by atoms with van der Waals surface area (Å²) in [6.45, 7) is 1.78. The number of carbonyl (C=O) groups excluding carboxylic acids is 1. The normalized spacial score (nSPS) is 10.5. The van der Waals surface area contributed by atoms with Gasteiger partial charge >= 0.3 is 0 Å². The Labute approximate surface area is 143 Å². The van der Waals surface area contributed by atoms with Gasteiger partial charge in [0.25, 0.3) is 0 Å². The molecule has 0 unspecified atom stereocenters. The molecular weight excluding hydrogens is 325 g/mol. The lowest BCUT2D eigenvalue weighted by Gasteiger charge is -2.09. The summed E-state index contributed by atoms with van der Waals surface area (Å²) < 4.78 is 20.1. The molecule has 1 aromatic heterocycles. The van der Waals surface area contributed by atoms with Crippen molar-refractivity contribution in [2.45, 2.75) is 13.3 Å². The molecule has 0 bridgehead atoms. The number of nitrogens with zero attached hydrogens (tertiary/aromatic N) is 4. The van der Waals surface area contributed by atoms with E-state index in [1.807, 2.05) is 6.07 Å². The van der Waals surface area contributed by atoms with Gasteiger partial charge in [-0.3, -0.25) is 4.79 Å². The SMILES string of the molecule is COc1ccc(CC(=O)Nc2cccc(-n3nnnc3C)c2)cc1F. The molecule has 0 atom stereocenters. The number of amides is 1. The Morgan fingerprint density at radius 2 is 2.12 bits per heavy atom. The summed E-state index contributed by atoms with van der Waals surface area (Å²) in [6.07, 6.45) is 0.0506. The van der Waals surface area contributed by atoms with Crippen LogP contribution in [-0.4, -0.2) is 33.2 Å². The molecule has 2 aromatic carbocycles. The molecule has 3 rings (SSSR count). The molecule has 0 fully saturated rings. The third kappa shape index (κ3) is 3.79. The van der Waals surface area contributed by atoms with Crippen molar-refractivity contribution in [3.8, 4) is 11.4 Å². The van der Waals surface area contributed by atoms with Gasteiger partial charge in [0.2, 0.25) is 5.91 Å². The summed E-state index contributed by atoms with van der Waals surface area (Å²) in [6, 6.07) is 11.6. The van der Waals surface area contributed by atoms with E-state index >= 15 is 0 Å². The highest BCUT2D eigenvalue weighted by Gasteiger charge is 2.09. The Bertz CT molecular complexity index is 910. The smallest absolute Gasteiger partial charge is 0.228 e. The number of benzene rings is 2. The van der Waals surface area contributed by atoms with Gasteiger partial charge in [-0.2, -0.15) is 4.68 Å². The van der Waals surface area contributed by atoms with Crippen LogP contribution < -0.4 is 10.1 Å². The van der Waals surface area contributed by atoms with Crippen LogP contribution in [0.25, 0.3) is 5.69 Å². The van der Waals surface area contributed by atoms with Crippen LogP contribution in [0.15, 0.2) is 42.5 Å². The van der Waals surface area contributed by atoms with E-state index < -0.39 is 5.82 Å². The highest BCUT2D eigenvalue weighted by atomic mass is 19.1. The first-order valence-electron chi connectivity index (χ1n) is 7.54. The molecule has 8 heteroatoms. The lowest BCUT2D eigenvalue weighted by Crippen LogP contribution is -2.15. The first kappa shape index (κ1) is 16.6. The third-order valence-electron chi connectivity index (χ3n) is 3.58. The van der Waals surface area contributed by atoms with Crippen molar-refractivity contribution in [3.63, 3.8) is 0 Å². The largest absolute Gasteiger partial charge is 0.494 e. The molecule has 0 aliphatic carbocycles. The van der Waals surface area contributed by atoms with Crippen molar-refractivity contribution in [2.75, 3.05) is 12.4 Å². The van der Waals surface area contributed by atoms with Crippen molar-refractivity contribution in [2.24, 2.45) is 0 Å². The van der Waals surface area contributed by atoms with E-state index in [0.717, 1.165) is 5.69 Å². The molecule has 3 aromatic rings. The maximum Gasteiger partial charge on any atom is 0.228 e. The van der Waals surface area contributed by atoms with E-state index in [4.69, 9.17) is 4.74 Å². The van der Waals surface area contributed by atoms with Crippen molar-refractivity contribution in [3.05, 3.63) is 59.7 Å². The molecule has 128 valence electrons. The maximum absolute atomic E-state index is 13.7. The van der Waals surface area contributed by atoms with E-state index in [2.05, 4.69) is 20.8 Å². The van der Waals surface area contributed by atoms with Crippen LogP contribution in [0.2, 0.25) is 0 Å². The fourth-order valence-corrected chi connectivity index (χ4v) is 2.40. The van der Waals surface area contributed by atoms with E-state index in [1.54, 1.807) is 35.9 Å². The summed E-state index contributed by atoms with van der Waals surface area (Å²) in [4.78, 5) is 12.2. The second-order valence-electron chi connectivity index (χ2n) is 5.38. The van der Waals surface area contributed by atoms with E-state index in [9.17, 15) is 9.18 Å². The lowest BCUT2D eigenvalue weighted by atomic mass is 10.1. The number of aryl methyl sites for hydroxylation is 1. The molecule has 1 amide bonds. The predicted octanol–water partition coefficient (Wildman–Crippen LogP) is 2.30. The number of halogens is 1. The van der Waals surface area contributed by atoms with Gasteiger partial charge in [0.15, 0.2) is 17.4 Å². The Hall–Kier alpha value is -3.29. The molecule has 0 saturated carbocycles. The minimum atomic E-state index is -0.496. The van der Waals surface area contributed by atoms with Gasteiger partial charge in [-0.25, -0.2) is 4.39 Å². The van der Waals surface area contributed by atoms with Crippen LogP contribution in [0.5, 0.6) is 5.75 Å². The van der Waals surface area contributed by atoms with Gasteiger partial charge in [-0.05, 0) is 53.2 Å². The van der Waals surface area contributed by atoms with Crippen molar-refractivity contribution in [1.82, 2.24) is 20.2 Å². The fraction of sp³-hybridized carbons (Fsp3) is 0.176. The zero-order valence-corrected chi connectivity index (χ0v) is 13.7. The number of rotatable bonds is 5. The molecular formula is C17H16FN5O2. The number of hydrogen-bond donors (Lipinski definition) is 1. The third-order valence-corrected chi connectivity index (χ3v) is 3.58. The molecule has 0 spiro atoms. The van der Waals surface area contributed by atoms with Crippen molar-refractivity contribution < 1.29 is 13.9 Å². The summed E-state index contributed by atoms with van der Waals surface area (Å²) >= 11 is 0. The number of methoxy groups -OCH3 is 1. The second-order valence-corrected chi connectivity index (χ2v) is 5.38. The Morgan fingerprint density at radius 3 is 2.80 bits per heavy atom. The number of tetrazole rings is 1. The first-order chi connectivity index (χ1) is 12.1.